The van der Waals surface area contributed by atoms with E-state index in [9.17, 15) is 0 Å². The van der Waals surface area contributed by atoms with Crippen LogP contribution in [0.2, 0.25) is 0 Å². The highest BCUT2D eigenvalue weighted by Crippen LogP contribution is 2.33. The van der Waals surface area contributed by atoms with E-state index >= 15 is 0 Å². The van der Waals surface area contributed by atoms with E-state index in [0.717, 1.165) is 22.7 Å². The van der Waals surface area contributed by atoms with Gasteiger partial charge in [0.05, 0.1) is 5.69 Å². The van der Waals surface area contributed by atoms with Gasteiger partial charge in [0.15, 0.2) is 0 Å². The second-order valence-electron chi connectivity index (χ2n) is 4.42. The van der Waals surface area contributed by atoms with Gasteiger partial charge in [-0.3, -0.25) is 0 Å². The molecule has 0 spiro atoms. The zero-order valence-corrected chi connectivity index (χ0v) is 12.0. The van der Waals surface area contributed by atoms with Crippen LogP contribution in [0.3, 0.4) is 0 Å². The molecule has 2 rings (SSSR count). The molecule has 1 unspecified atom stereocenters. The van der Waals surface area contributed by atoms with Gasteiger partial charge in [0.2, 0.25) is 0 Å². The smallest absolute Gasteiger partial charge is 0.125 e. The van der Waals surface area contributed by atoms with Crippen molar-refractivity contribution in [2.24, 2.45) is 0 Å². The first-order valence-corrected chi connectivity index (χ1v) is 7.23. The maximum Gasteiger partial charge on any atom is 0.125 e. The Morgan fingerprint density at radius 1 is 1.22 bits per heavy atom. The monoisotopic (exact) mass is 261 g/mol. The molecule has 0 amide bonds. The highest BCUT2D eigenvalue weighted by Gasteiger charge is 2.28. The molecule has 0 saturated carbocycles. The Labute approximate surface area is 113 Å². The topological polar surface area (TPSA) is 22.1 Å². The SMILES string of the molecule is CCOC(C)(CC)c1nc(-c2ccccc2)cs1. The van der Waals surface area contributed by atoms with Crippen molar-refractivity contribution in [1.29, 1.82) is 0 Å². The summed E-state index contributed by atoms with van der Waals surface area (Å²) < 4.78 is 5.86. The number of hydrogen-bond donors (Lipinski definition) is 0. The fourth-order valence-electron chi connectivity index (χ4n) is 1.89. The third-order valence-electron chi connectivity index (χ3n) is 3.16. The van der Waals surface area contributed by atoms with Gasteiger partial charge < -0.3 is 4.74 Å². The molecule has 0 fully saturated rings. The van der Waals surface area contributed by atoms with Gasteiger partial charge in [-0.2, -0.15) is 0 Å². The summed E-state index contributed by atoms with van der Waals surface area (Å²) in [6.07, 6.45) is 0.933. The summed E-state index contributed by atoms with van der Waals surface area (Å²) in [5, 5.41) is 3.17. The van der Waals surface area contributed by atoms with Crippen LogP contribution in [0.25, 0.3) is 11.3 Å². The maximum atomic E-state index is 5.86. The van der Waals surface area contributed by atoms with Crippen LogP contribution in [-0.2, 0) is 10.3 Å². The largest absolute Gasteiger partial charge is 0.368 e. The lowest BCUT2D eigenvalue weighted by molar-refractivity contribution is -0.0324. The Kier molecular flexibility index (Phi) is 4.15. The highest BCUT2D eigenvalue weighted by molar-refractivity contribution is 7.10. The third kappa shape index (κ3) is 2.62. The van der Waals surface area contributed by atoms with E-state index in [2.05, 4.69) is 31.4 Å². The van der Waals surface area contributed by atoms with Crippen LogP contribution in [0.4, 0.5) is 0 Å². The van der Waals surface area contributed by atoms with Crippen LogP contribution in [0.15, 0.2) is 35.7 Å². The van der Waals surface area contributed by atoms with Gasteiger partial charge in [0.25, 0.3) is 0 Å². The number of ether oxygens (including phenoxy) is 1. The number of nitrogens with zero attached hydrogens (tertiary/aromatic N) is 1. The first kappa shape index (κ1) is 13.2. The molecule has 0 radical (unpaired) electrons. The van der Waals surface area contributed by atoms with Crippen LogP contribution in [0.1, 0.15) is 32.2 Å². The number of hydrogen-bond acceptors (Lipinski definition) is 3. The lowest BCUT2D eigenvalue weighted by Gasteiger charge is -2.25. The molecule has 0 aliphatic heterocycles. The normalized spacial score (nSPS) is 14.4. The zero-order chi connectivity index (χ0) is 13.0. The molecule has 0 saturated heterocycles. The van der Waals surface area contributed by atoms with Crippen molar-refractivity contribution >= 4 is 11.3 Å². The Morgan fingerprint density at radius 2 is 1.94 bits per heavy atom. The molecule has 0 aliphatic carbocycles. The van der Waals surface area contributed by atoms with Crippen molar-refractivity contribution in [3.05, 3.63) is 40.7 Å². The summed E-state index contributed by atoms with van der Waals surface area (Å²) in [5.74, 6) is 0. The fourth-order valence-corrected chi connectivity index (χ4v) is 2.91. The molecule has 1 heterocycles. The van der Waals surface area contributed by atoms with Crippen LogP contribution >= 0.6 is 11.3 Å². The van der Waals surface area contributed by atoms with Crippen molar-refractivity contribution < 1.29 is 4.74 Å². The minimum Gasteiger partial charge on any atom is -0.368 e. The van der Waals surface area contributed by atoms with Crippen molar-refractivity contribution in [2.45, 2.75) is 32.8 Å². The van der Waals surface area contributed by atoms with Crippen LogP contribution in [-0.4, -0.2) is 11.6 Å². The molecule has 1 atom stereocenters. The quantitative estimate of drug-likeness (QED) is 0.792. The minimum atomic E-state index is -0.257. The molecule has 1 aromatic carbocycles. The molecule has 2 aromatic rings. The molecule has 2 nitrogen and oxygen atoms in total. The number of benzene rings is 1. The number of rotatable bonds is 5. The summed E-state index contributed by atoms with van der Waals surface area (Å²) in [4.78, 5) is 4.74. The van der Waals surface area contributed by atoms with Gasteiger partial charge in [0.1, 0.15) is 10.6 Å². The fraction of sp³-hybridized carbons (Fsp3) is 0.400. The molecular formula is C15H19NOS. The summed E-state index contributed by atoms with van der Waals surface area (Å²) in [6.45, 7) is 6.99. The van der Waals surface area contributed by atoms with Crippen LogP contribution in [0, 0.1) is 0 Å². The van der Waals surface area contributed by atoms with Gasteiger partial charge in [-0.1, -0.05) is 37.3 Å². The van der Waals surface area contributed by atoms with Crippen LogP contribution in [0.5, 0.6) is 0 Å². The van der Waals surface area contributed by atoms with E-state index in [-0.39, 0.29) is 5.60 Å². The molecular weight excluding hydrogens is 242 g/mol. The van der Waals surface area contributed by atoms with E-state index in [1.54, 1.807) is 11.3 Å². The van der Waals surface area contributed by atoms with Gasteiger partial charge in [-0.05, 0) is 20.3 Å². The minimum absolute atomic E-state index is 0.257. The molecule has 0 N–H and O–H groups in total. The van der Waals surface area contributed by atoms with Gasteiger partial charge >= 0.3 is 0 Å². The Bertz CT molecular complexity index is 494. The Hall–Kier alpha value is -1.19. The molecule has 1 aromatic heterocycles. The second kappa shape index (κ2) is 5.63. The van der Waals surface area contributed by atoms with Crippen molar-refractivity contribution in [3.8, 4) is 11.3 Å². The summed E-state index contributed by atoms with van der Waals surface area (Å²) in [7, 11) is 0. The average molecular weight is 261 g/mol. The van der Waals surface area contributed by atoms with Gasteiger partial charge in [0, 0.05) is 17.6 Å². The van der Waals surface area contributed by atoms with Crippen molar-refractivity contribution in [1.82, 2.24) is 4.98 Å². The zero-order valence-electron chi connectivity index (χ0n) is 11.1. The van der Waals surface area contributed by atoms with E-state index < -0.39 is 0 Å². The molecule has 3 heteroatoms. The predicted molar refractivity (Wildman–Crippen MR) is 76.8 cm³/mol. The van der Waals surface area contributed by atoms with Crippen molar-refractivity contribution in [3.63, 3.8) is 0 Å². The lowest BCUT2D eigenvalue weighted by atomic mass is 10.0. The van der Waals surface area contributed by atoms with E-state index in [0.29, 0.717) is 6.61 Å². The standard InChI is InChI=1S/C15H19NOS/c1-4-15(3,17-5-2)14-16-13(11-18-14)12-9-7-6-8-10-12/h6-11H,4-5H2,1-3H3. The van der Waals surface area contributed by atoms with Crippen LogP contribution < -0.4 is 0 Å². The van der Waals surface area contributed by atoms with Gasteiger partial charge in [-0.15, -0.1) is 11.3 Å². The first-order chi connectivity index (χ1) is 8.69. The van der Waals surface area contributed by atoms with E-state index in [4.69, 9.17) is 9.72 Å². The molecule has 96 valence electrons. The summed E-state index contributed by atoms with van der Waals surface area (Å²) in [6, 6.07) is 10.3. The third-order valence-corrected chi connectivity index (χ3v) is 4.25. The summed E-state index contributed by atoms with van der Waals surface area (Å²) in [5.41, 5.74) is 1.94. The predicted octanol–water partition coefficient (Wildman–Crippen LogP) is 4.47. The summed E-state index contributed by atoms with van der Waals surface area (Å²) >= 11 is 1.68. The highest BCUT2D eigenvalue weighted by atomic mass is 32.1. The number of aromatic nitrogens is 1. The maximum absolute atomic E-state index is 5.86. The second-order valence-corrected chi connectivity index (χ2v) is 5.28. The van der Waals surface area contributed by atoms with Crippen molar-refractivity contribution in [2.75, 3.05) is 6.61 Å². The Morgan fingerprint density at radius 3 is 2.56 bits per heavy atom. The number of thiazole rings is 1. The van der Waals surface area contributed by atoms with Gasteiger partial charge in [-0.25, -0.2) is 4.98 Å². The van der Waals surface area contributed by atoms with E-state index in [1.165, 1.54) is 0 Å². The van der Waals surface area contributed by atoms with E-state index in [1.807, 2.05) is 25.1 Å². The molecule has 18 heavy (non-hydrogen) atoms. The molecule has 0 bridgehead atoms. The molecule has 0 aliphatic rings. The average Bonchev–Trinajstić information content (AvgIpc) is 2.90. The Balaban J connectivity index is 2.30. The lowest BCUT2D eigenvalue weighted by Crippen LogP contribution is -2.24. The first-order valence-electron chi connectivity index (χ1n) is 6.35.